The lowest BCUT2D eigenvalue weighted by molar-refractivity contribution is 0.567. The van der Waals surface area contributed by atoms with Crippen molar-refractivity contribution in [2.45, 2.75) is 13.0 Å². The zero-order chi connectivity index (χ0) is 13.6. The number of nitrogen functional groups attached to an aromatic ring is 1. The number of rotatable bonds is 1. The molecule has 0 aliphatic carbocycles. The number of nitrogens with zero attached hydrogens (tertiary/aromatic N) is 3. The molecule has 6 nitrogen and oxygen atoms in total. The summed E-state index contributed by atoms with van der Waals surface area (Å²) in [6.07, 6.45) is 0. The second-order valence-corrected chi connectivity index (χ2v) is 7.82. The largest absolute Gasteiger partial charge is 0.368 e. The summed E-state index contributed by atoms with van der Waals surface area (Å²) in [5.74, 6) is 1.28. The molecule has 0 amide bonds. The van der Waals surface area contributed by atoms with Crippen LogP contribution in [0.2, 0.25) is 0 Å². The second-order valence-electron chi connectivity index (χ2n) is 4.70. The van der Waals surface area contributed by atoms with Crippen molar-refractivity contribution in [3.63, 3.8) is 0 Å². The van der Waals surface area contributed by atoms with Crippen molar-refractivity contribution < 1.29 is 8.42 Å². The van der Waals surface area contributed by atoms with Gasteiger partial charge in [-0.1, -0.05) is 0 Å². The van der Waals surface area contributed by atoms with Crippen molar-refractivity contribution in [1.82, 2.24) is 9.97 Å². The van der Waals surface area contributed by atoms with Crippen LogP contribution in [0.5, 0.6) is 0 Å². The van der Waals surface area contributed by atoms with E-state index >= 15 is 0 Å². The molecule has 1 saturated heterocycles. The molecule has 1 aliphatic heterocycles. The van der Waals surface area contributed by atoms with Crippen LogP contribution in [0.25, 0.3) is 10.2 Å². The maximum absolute atomic E-state index is 11.6. The highest BCUT2D eigenvalue weighted by molar-refractivity contribution is 7.91. The van der Waals surface area contributed by atoms with Gasteiger partial charge in [-0.15, -0.1) is 11.3 Å². The standard InChI is InChI=1S/C11H14N4O2S2/c1-7-6-19(16,17)5-3-15(7)9-8-2-4-18-10(8)14-11(12)13-9/h2,4,7H,3,5-6H2,1H3,(H2,12,13,14). The molecule has 8 heteroatoms. The molecule has 0 radical (unpaired) electrons. The minimum absolute atomic E-state index is 0.101. The van der Waals surface area contributed by atoms with E-state index in [0.29, 0.717) is 6.54 Å². The molecule has 0 bridgehead atoms. The van der Waals surface area contributed by atoms with Crippen molar-refractivity contribution in [2.24, 2.45) is 0 Å². The van der Waals surface area contributed by atoms with Crippen LogP contribution in [0.1, 0.15) is 6.92 Å². The fraction of sp³-hybridized carbons (Fsp3) is 0.455. The van der Waals surface area contributed by atoms with Crippen molar-refractivity contribution in [3.05, 3.63) is 11.4 Å². The van der Waals surface area contributed by atoms with Crippen LogP contribution in [-0.2, 0) is 9.84 Å². The number of hydrogen-bond donors (Lipinski definition) is 1. The van der Waals surface area contributed by atoms with E-state index in [4.69, 9.17) is 5.73 Å². The van der Waals surface area contributed by atoms with Crippen LogP contribution in [0.3, 0.4) is 0 Å². The summed E-state index contributed by atoms with van der Waals surface area (Å²) >= 11 is 1.50. The third kappa shape index (κ3) is 2.25. The van der Waals surface area contributed by atoms with Gasteiger partial charge in [-0.3, -0.25) is 0 Å². The Balaban J connectivity index is 2.07. The van der Waals surface area contributed by atoms with Gasteiger partial charge in [0.05, 0.1) is 16.9 Å². The lowest BCUT2D eigenvalue weighted by Gasteiger charge is -2.34. The lowest BCUT2D eigenvalue weighted by Crippen LogP contribution is -2.47. The molecule has 2 aromatic heterocycles. The van der Waals surface area contributed by atoms with Crippen molar-refractivity contribution >= 4 is 43.2 Å². The van der Waals surface area contributed by atoms with Gasteiger partial charge >= 0.3 is 0 Å². The van der Waals surface area contributed by atoms with Gasteiger partial charge in [-0.05, 0) is 18.4 Å². The molecule has 0 spiro atoms. The molecular formula is C11H14N4O2S2. The SMILES string of the molecule is CC1CS(=O)(=O)CCN1c1nc(N)nc2sccc12. The molecule has 1 aliphatic rings. The van der Waals surface area contributed by atoms with Crippen LogP contribution in [0.15, 0.2) is 11.4 Å². The van der Waals surface area contributed by atoms with Gasteiger partial charge in [-0.2, -0.15) is 4.98 Å². The molecule has 102 valence electrons. The summed E-state index contributed by atoms with van der Waals surface area (Å²) in [5, 5.41) is 2.87. The van der Waals surface area contributed by atoms with Gasteiger partial charge in [0, 0.05) is 12.6 Å². The quantitative estimate of drug-likeness (QED) is 0.841. The molecule has 2 aromatic rings. The summed E-state index contributed by atoms with van der Waals surface area (Å²) in [6, 6.07) is 1.85. The van der Waals surface area contributed by atoms with Crippen LogP contribution in [-0.4, -0.2) is 42.5 Å². The minimum Gasteiger partial charge on any atom is -0.368 e. The number of sulfone groups is 1. The number of nitrogens with two attached hydrogens (primary N) is 1. The molecule has 3 rings (SSSR count). The maximum atomic E-state index is 11.6. The van der Waals surface area contributed by atoms with E-state index in [1.54, 1.807) is 0 Å². The first-order valence-corrected chi connectivity index (χ1v) is 8.64. The third-order valence-corrected chi connectivity index (χ3v) is 5.87. The van der Waals surface area contributed by atoms with Gasteiger partial charge in [0.1, 0.15) is 10.6 Å². The predicted molar refractivity (Wildman–Crippen MR) is 77.3 cm³/mol. The van der Waals surface area contributed by atoms with Crippen molar-refractivity contribution in [2.75, 3.05) is 28.7 Å². The molecule has 0 aromatic carbocycles. The third-order valence-electron chi connectivity index (χ3n) is 3.26. The molecule has 19 heavy (non-hydrogen) atoms. The Morgan fingerprint density at radius 2 is 2.26 bits per heavy atom. The Morgan fingerprint density at radius 1 is 1.47 bits per heavy atom. The maximum Gasteiger partial charge on any atom is 0.223 e. The average molecular weight is 298 g/mol. The van der Waals surface area contributed by atoms with E-state index in [-0.39, 0.29) is 23.5 Å². The first kappa shape index (κ1) is 12.6. The van der Waals surface area contributed by atoms with Gasteiger partial charge in [0.25, 0.3) is 0 Å². The Morgan fingerprint density at radius 3 is 3.00 bits per heavy atom. The molecule has 2 N–H and O–H groups in total. The Bertz CT molecular complexity index is 725. The molecule has 3 heterocycles. The van der Waals surface area contributed by atoms with Crippen LogP contribution in [0, 0.1) is 0 Å². The minimum atomic E-state index is -2.94. The van der Waals surface area contributed by atoms with Gasteiger partial charge in [0.15, 0.2) is 9.84 Å². The van der Waals surface area contributed by atoms with Crippen LogP contribution >= 0.6 is 11.3 Å². The summed E-state index contributed by atoms with van der Waals surface area (Å²) in [6.45, 7) is 2.35. The highest BCUT2D eigenvalue weighted by atomic mass is 32.2. The van der Waals surface area contributed by atoms with Gasteiger partial charge in [0.2, 0.25) is 5.95 Å². The fourth-order valence-corrected chi connectivity index (χ4v) is 4.71. The van der Waals surface area contributed by atoms with Crippen LogP contribution in [0.4, 0.5) is 11.8 Å². The molecular weight excluding hydrogens is 284 g/mol. The molecule has 1 unspecified atom stereocenters. The monoisotopic (exact) mass is 298 g/mol. The Kier molecular flexibility index (Phi) is 2.86. The topological polar surface area (TPSA) is 89.2 Å². The molecule has 1 atom stereocenters. The van der Waals surface area contributed by atoms with Crippen molar-refractivity contribution in [3.8, 4) is 0 Å². The van der Waals surface area contributed by atoms with E-state index in [0.717, 1.165) is 16.0 Å². The zero-order valence-electron chi connectivity index (χ0n) is 10.4. The highest BCUT2D eigenvalue weighted by Gasteiger charge is 2.30. The number of thiophene rings is 1. The first-order chi connectivity index (χ1) is 8.96. The normalized spacial score (nSPS) is 22.8. The van der Waals surface area contributed by atoms with Crippen molar-refractivity contribution in [1.29, 1.82) is 0 Å². The Labute approximate surface area is 115 Å². The predicted octanol–water partition coefficient (Wildman–Crippen LogP) is 0.897. The number of anilines is 2. The second kappa shape index (κ2) is 4.31. The zero-order valence-corrected chi connectivity index (χ0v) is 12.0. The highest BCUT2D eigenvalue weighted by Crippen LogP contribution is 2.30. The fourth-order valence-electron chi connectivity index (χ4n) is 2.39. The molecule has 0 saturated carbocycles. The van der Waals surface area contributed by atoms with Gasteiger partial charge in [-0.25, -0.2) is 13.4 Å². The van der Waals surface area contributed by atoms with Gasteiger partial charge < -0.3 is 10.6 Å². The van der Waals surface area contributed by atoms with E-state index in [1.807, 2.05) is 23.3 Å². The molecule has 1 fully saturated rings. The summed E-state index contributed by atoms with van der Waals surface area (Å²) in [4.78, 5) is 11.3. The number of fused-ring (bicyclic) bond motifs is 1. The summed E-state index contributed by atoms with van der Waals surface area (Å²) in [5.41, 5.74) is 5.73. The smallest absolute Gasteiger partial charge is 0.223 e. The number of hydrogen-bond acceptors (Lipinski definition) is 7. The summed E-state index contributed by atoms with van der Waals surface area (Å²) < 4.78 is 23.3. The van der Waals surface area contributed by atoms with E-state index < -0.39 is 9.84 Å². The Hall–Kier alpha value is -1.41. The van der Waals surface area contributed by atoms with Crippen LogP contribution < -0.4 is 10.6 Å². The lowest BCUT2D eigenvalue weighted by atomic mass is 10.2. The van der Waals surface area contributed by atoms with E-state index in [9.17, 15) is 8.42 Å². The first-order valence-electron chi connectivity index (χ1n) is 5.94. The summed E-state index contributed by atoms with van der Waals surface area (Å²) in [7, 11) is -2.94. The van der Waals surface area contributed by atoms with E-state index in [2.05, 4.69) is 9.97 Å². The van der Waals surface area contributed by atoms with E-state index in [1.165, 1.54) is 11.3 Å². The average Bonchev–Trinajstić information content (AvgIpc) is 2.74. The number of aromatic nitrogens is 2.